The zero-order valence-corrected chi connectivity index (χ0v) is 33.1. The Hall–Kier alpha value is -6.52. The number of para-hydroxylation sites is 1. The molecule has 61 heavy (non-hydrogen) atoms. The van der Waals surface area contributed by atoms with Gasteiger partial charge in [-0.05, 0) is 43.2 Å². The minimum absolute atomic E-state index is 0.0714. The highest BCUT2D eigenvalue weighted by molar-refractivity contribution is 5.94. The van der Waals surface area contributed by atoms with Crippen LogP contribution in [0.25, 0.3) is 10.9 Å². The lowest BCUT2D eigenvalue weighted by Gasteiger charge is -2.34. The van der Waals surface area contributed by atoms with Crippen molar-refractivity contribution in [2.45, 2.75) is 87.9 Å². The normalized spacial score (nSPS) is 18.9. The molecule has 3 heterocycles. The first kappa shape index (κ1) is 45.6. The molecule has 0 bridgehead atoms. The largest absolute Gasteiger partial charge is 0.480 e. The molecule has 2 aromatic carbocycles. The van der Waals surface area contributed by atoms with E-state index in [1.165, 1.54) is 20.9 Å². The third-order valence-electron chi connectivity index (χ3n) is 10.3. The summed E-state index contributed by atoms with van der Waals surface area (Å²) in [6.45, 7) is 2.54. The van der Waals surface area contributed by atoms with Gasteiger partial charge >= 0.3 is 23.9 Å². The number of aliphatic carboxylic acids is 1. The lowest BCUT2D eigenvalue weighted by molar-refractivity contribution is -0.139. The van der Waals surface area contributed by atoms with Gasteiger partial charge in [0.1, 0.15) is 24.2 Å². The molecule has 8 atom stereocenters. The van der Waals surface area contributed by atoms with E-state index in [4.69, 9.17) is 10.5 Å². The lowest BCUT2D eigenvalue weighted by atomic mass is 10.0. The number of ether oxygens (including phenoxy) is 1. The van der Waals surface area contributed by atoms with Gasteiger partial charge in [-0.1, -0.05) is 30.3 Å². The second-order valence-corrected chi connectivity index (χ2v) is 14.7. The van der Waals surface area contributed by atoms with Crippen molar-refractivity contribution < 1.29 is 52.1 Å². The Kier molecular flexibility index (Phi) is 14.4. The number of alkyl halides is 3. The van der Waals surface area contributed by atoms with E-state index in [1.54, 1.807) is 30.5 Å². The zero-order valence-electron chi connectivity index (χ0n) is 33.1. The van der Waals surface area contributed by atoms with Gasteiger partial charge in [-0.2, -0.15) is 13.2 Å². The highest BCUT2D eigenvalue weighted by Gasteiger charge is 2.39. The maximum Gasteiger partial charge on any atom is 0.416 e. The van der Waals surface area contributed by atoms with Crippen molar-refractivity contribution in [3.8, 4) is 0 Å². The third kappa shape index (κ3) is 11.4. The average molecular weight is 858 g/mol. The second kappa shape index (κ2) is 19.2. The van der Waals surface area contributed by atoms with Crippen LogP contribution in [-0.2, 0) is 42.9 Å². The van der Waals surface area contributed by atoms with Crippen LogP contribution in [0.15, 0.2) is 76.6 Å². The van der Waals surface area contributed by atoms with Crippen LogP contribution in [0.3, 0.4) is 0 Å². The van der Waals surface area contributed by atoms with Gasteiger partial charge in [0, 0.05) is 62.2 Å². The highest BCUT2D eigenvalue weighted by Crippen LogP contribution is 2.30. The van der Waals surface area contributed by atoms with Crippen LogP contribution in [-0.4, -0.2) is 115 Å². The summed E-state index contributed by atoms with van der Waals surface area (Å²) < 4.78 is 46.9. The van der Waals surface area contributed by atoms with Gasteiger partial charge in [-0.15, -0.1) is 0 Å². The number of carbonyl (C=O) groups is 5. The summed E-state index contributed by atoms with van der Waals surface area (Å²) in [6.07, 6.45) is -5.97. The summed E-state index contributed by atoms with van der Waals surface area (Å²) >= 11 is 0. The Morgan fingerprint density at radius 1 is 0.967 bits per heavy atom. The molecule has 0 spiro atoms. The van der Waals surface area contributed by atoms with Crippen LogP contribution in [0.2, 0.25) is 0 Å². The molecule has 5 amide bonds. The Balaban J connectivity index is 1.37. The Morgan fingerprint density at radius 3 is 2.28 bits per heavy atom. The molecule has 1 aliphatic rings. The van der Waals surface area contributed by atoms with Crippen LogP contribution in [0.4, 0.5) is 18.0 Å². The smallest absolute Gasteiger partial charge is 0.416 e. The number of amides is 5. The number of aromatic nitrogens is 3. The Morgan fingerprint density at radius 2 is 1.64 bits per heavy atom. The predicted molar refractivity (Wildman–Crippen MR) is 211 cm³/mol. The predicted octanol–water partition coefficient (Wildman–Crippen LogP) is 0.0866. The first-order chi connectivity index (χ1) is 28.7. The number of H-pyrrole nitrogens is 2. The number of fused-ring (bicyclic) bond motifs is 1. The zero-order chi connectivity index (χ0) is 44.8. The van der Waals surface area contributed by atoms with Crippen molar-refractivity contribution in [1.29, 1.82) is 0 Å². The van der Waals surface area contributed by atoms with Crippen molar-refractivity contribution in [2.24, 2.45) is 5.73 Å². The van der Waals surface area contributed by atoms with E-state index < -0.39 is 108 Å². The quantitative estimate of drug-likeness (QED) is 0.0728. The van der Waals surface area contributed by atoms with Crippen LogP contribution >= 0.6 is 0 Å². The average Bonchev–Trinajstić information content (AvgIpc) is 3.79. The van der Waals surface area contributed by atoms with Gasteiger partial charge in [-0.3, -0.25) is 28.7 Å². The first-order valence-corrected chi connectivity index (χ1v) is 19.0. The number of likely N-dealkylation sites (N-methyl/N-ethyl adjacent to an activating group) is 1. The maximum atomic E-state index is 14.2. The van der Waals surface area contributed by atoms with Crippen molar-refractivity contribution in [3.05, 3.63) is 105 Å². The number of urea groups is 1. The molecule has 0 saturated carbocycles. The number of nitrogens with one attached hydrogen (secondary N) is 6. The number of nitrogens with zero attached hydrogens (tertiary/aromatic N) is 2. The van der Waals surface area contributed by atoms with Crippen LogP contribution < -0.4 is 38.2 Å². The molecule has 1 saturated heterocycles. The monoisotopic (exact) mass is 857 g/mol. The third-order valence-corrected chi connectivity index (χ3v) is 10.3. The minimum atomic E-state index is -4.67. The molecule has 19 nitrogen and oxygen atoms in total. The SMILES string of the molecule is C[C@H](N)C(=O)N(C)[C@@H](C)[C@H](NC(=O)[C@H](Cc1ccc(C(F)(F)F)cc1)NC(=O)N[C@@H](Cc1c[nH]c2ccccc12)C(=O)O)C(=O)NC[C@H]1C[C@@H](O)[C@H](n2ccc(=O)[nH]c2=O)O1. The summed E-state index contributed by atoms with van der Waals surface area (Å²) in [7, 11) is 1.33. The van der Waals surface area contributed by atoms with E-state index in [2.05, 4.69) is 31.2 Å². The minimum Gasteiger partial charge on any atom is -0.480 e. The molecule has 0 aliphatic carbocycles. The van der Waals surface area contributed by atoms with Crippen LogP contribution in [0.1, 0.15) is 43.2 Å². The lowest BCUT2D eigenvalue weighted by Crippen LogP contribution is -2.63. The molecule has 1 aliphatic heterocycles. The first-order valence-electron chi connectivity index (χ1n) is 19.0. The van der Waals surface area contributed by atoms with E-state index in [0.717, 1.165) is 51.5 Å². The van der Waals surface area contributed by atoms with Crippen molar-refractivity contribution in [1.82, 2.24) is 40.7 Å². The van der Waals surface area contributed by atoms with Gasteiger partial charge in [-0.25, -0.2) is 14.4 Å². The van der Waals surface area contributed by atoms with Gasteiger partial charge in [0.2, 0.25) is 17.7 Å². The number of nitrogens with two attached hydrogens (primary N) is 1. The number of aromatic amines is 2. The van der Waals surface area contributed by atoms with Gasteiger partial charge in [0.25, 0.3) is 5.56 Å². The number of hydrogen-bond acceptors (Lipinski definition) is 10. The molecule has 22 heteroatoms. The van der Waals surface area contributed by atoms with E-state index in [-0.39, 0.29) is 24.9 Å². The summed E-state index contributed by atoms with van der Waals surface area (Å²) in [5, 5.41) is 31.2. The molecule has 2 aromatic heterocycles. The van der Waals surface area contributed by atoms with Crippen molar-refractivity contribution in [2.75, 3.05) is 13.6 Å². The number of halogens is 3. The van der Waals surface area contributed by atoms with Gasteiger partial charge < -0.3 is 51.8 Å². The summed E-state index contributed by atoms with van der Waals surface area (Å²) in [5.41, 5.74) is 4.75. The van der Waals surface area contributed by atoms with E-state index in [1.807, 2.05) is 0 Å². The molecular formula is C39H46F3N9O10. The maximum absolute atomic E-state index is 14.2. The fourth-order valence-electron chi connectivity index (χ4n) is 6.82. The molecule has 0 unspecified atom stereocenters. The number of aliphatic hydroxyl groups excluding tert-OH is 1. The second-order valence-electron chi connectivity index (χ2n) is 14.7. The van der Waals surface area contributed by atoms with Gasteiger partial charge in [0.05, 0.1) is 23.8 Å². The topological polar surface area (TPSA) is 283 Å². The number of carbonyl (C=O) groups excluding carboxylic acids is 4. The molecule has 328 valence electrons. The van der Waals surface area contributed by atoms with Crippen molar-refractivity contribution in [3.63, 3.8) is 0 Å². The number of benzene rings is 2. The highest BCUT2D eigenvalue weighted by atomic mass is 19.4. The fraction of sp³-hybridized carbons (Fsp3) is 0.410. The molecule has 1 fully saturated rings. The number of carboxylic acids is 1. The summed E-state index contributed by atoms with van der Waals surface area (Å²) in [6, 6.07) is 3.83. The fourth-order valence-corrected chi connectivity index (χ4v) is 6.82. The Labute approximate surface area is 344 Å². The standard InChI is InChI=1S/C39H46F3N9O10/c1-19(43)34(56)50(3)20(2)31(33(55)45-18-24-16-29(52)35(61-24)51-13-12-30(53)48-38(51)60)49-32(54)27(14-21-8-10-23(11-9-21)39(40,41)42)46-37(59)47-28(36(57)58)15-22-17-44-26-7-5-4-6-25(22)26/h4-13,17,19-20,24,27-29,31,35,44,52H,14-16,18,43H2,1-3H3,(H,45,55)(H,49,54)(H,57,58)(H2,46,47,59)(H,48,53,60)/t19-,20-,24+,27-,28-,29+,31-,35+/m0/s1. The molecule has 0 radical (unpaired) electrons. The summed E-state index contributed by atoms with van der Waals surface area (Å²) in [5.74, 6) is -3.95. The van der Waals surface area contributed by atoms with Crippen LogP contribution in [0.5, 0.6) is 0 Å². The van der Waals surface area contributed by atoms with E-state index >= 15 is 0 Å². The Bertz CT molecular complexity index is 2350. The molecule has 4 aromatic rings. The molecule has 10 N–H and O–H groups in total. The molecular weight excluding hydrogens is 811 g/mol. The number of rotatable bonds is 16. The van der Waals surface area contributed by atoms with E-state index in [0.29, 0.717) is 10.9 Å². The van der Waals surface area contributed by atoms with Gasteiger partial charge in [0.15, 0.2) is 6.23 Å². The number of hydrogen-bond donors (Lipinski definition) is 9. The summed E-state index contributed by atoms with van der Waals surface area (Å²) in [4.78, 5) is 96.8. The number of carboxylic acid groups (broad SMARTS) is 1. The molecule has 5 rings (SSSR count). The van der Waals surface area contributed by atoms with Crippen molar-refractivity contribution >= 4 is 40.6 Å². The number of aliphatic hydroxyl groups is 1. The van der Waals surface area contributed by atoms with E-state index in [9.17, 15) is 56.9 Å². The van der Waals surface area contributed by atoms with Crippen LogP contribution in [0, 0.1) is 0 Å².